The number of ether oxygens (including phenoxy) is 1. The van der Waals surface area contributed by atoms with Crippen LogP contribution in [-0.4, -0.2) is 41.2 Å². The van der Waals surface area contributed by atoms with Gasteiger partial charge in [-0.05, 0) is 63.1 Å². The molecular weight excluding hydrogens is 346 g/mol. The number of aromatic nitrogens is 1. The zero-order valence-corrected chi connectivity index (χ0v) is 15.4. The highest BCUT2D eigenvalue weighted by atomic mass is 16.5. The van der Waals surface area contributed by atoms with Gasteiger partial charge in [0.15, 0.2) is 11.6 Å². The zero-order valence-electron chi connectivity index (χ0n) is 15.4. The number of carboxylic acids is 1. The van der Waals surface area contributed by atoms with Crippen molar-refractivity contribution in [2.75, 3.05) is 23.4 Å². The molecule has 2 heterocycles. The molecule has 1 fully saturated rings. The molecule has 3 rings (SSSR count). The van der Waals surface area contributed by atoms with Crippen LogP contribution in [0.5, 0.6) is 5.75 Å². The number of aromatic carboxylic acids is 1. The van der Waals surface area contributed by atoms with Gasteiger partial charge in [0, 0.05) is 18.3 Å². The van der Waals surface area contributed by atoms with Crippen LogP contribution in [0.1, 0.15) is 47.5 Å². The summed E-state index contributed by atoms with van der Waals surface area (Å²) in [6.45, 7) is 5.47. The van der Waals surface area contributed by atoms with Crippen molar-refractivity contribution in [3.8, 4) is 5.75 Å². The number of benzene rings is 1. The normalized spacial score (nSPS) is 16.2. The summed E-state index contributed by atoms with van der Waals surface area (Å²) in [7, 11) is 0. The van der Waals surface area contributed by atoms with Gasteiger partial charge in [0.1, 0.15) is 5.69 Å². The number of rotatable bonds is 6. The van der Waals surface area contributed by atoms with Crippen LogP contribution in [0.4, 0.5) is 11.5 Å². The van der Waals surface area contributed by atoms with E-state index in [-0.39, 0.29) is 17.2 Å². The first-order valence-corrected chi connectivity index (χ1v) is 9.04. The topological polar surface area (TPSA) is 91.8 Å². The number of pyridine rings is 1. The van der Waals surface area contributed by atoms with Crippen LogP contribution in [-0.2, 0) is 0 Å². The molecule has 2 aromatic rings. The van der Waals surface area contributed by atoms with Crippen LogP contribution in [0.3, 0.4) is 0 Å². The lowest BCUT2D eigenvalue weighted by atomic mass is 10.2. The van der Waals surface area contributed by atoms with Crippen LogP contribution in [0, 0.1) is 0 Å². The van der Waals surface area contributed by atoms with E-state index in [1.807, 2.05) is 6.92 Å². The standard InChI is InChI=1S/C20H23N3O4/c1-3-27-17-11-10-16(22-18(17)23-12-4-5-13(23)2)19(24)21-15-8-6-14(7-9-15)20(25)26/h6-11,13H,3-5,12H2,1-2H3,(H,21,24)(H,25,26)/t13-/m0/s1. The fraction of sp³-hybridized carbons (Fsp3) is 0.350. The smallest absolute Gasteiger partial charge is 0.335 e. The van der Waals surface area contributed by atoms with E-state index in [1.165, 1.54) is 12.1 Å². The third-order valence-corrected chi connectivity index (χ3v) is 4.59. The summed E-state index contributed by atoms with van der Waals surface area (Å²) in [5.41, 5.74) is 0.962. The summed E-state index contributed by atoms with van der Waals surface area (Å²) in [6, 6.07) is 9.76. The molecule has 1 amide bonds. The average molecular weight is 369 g/mol. The highest BCUT2D eigenvalue weighted by Gasteiger charge is 2.25. The van der Waals surface area contributed by atoms with Crippen LogP contribution in [0.15, 0.2) is 36.4 Å². The maximum Gasteiger partial charge on any atom is 0.335 e. The van der Waals surface area contributed by atoms with Crippen molar-refractivity contribution in [3.63, 3.8) is 0 Å². The van der Waals surface area contributed by atoms with Gasteiger partial charge in [-0.25, -0.2) is 9.78 Å². The monoisotopic (exact) mass is 369 g/mol. The van der Waals surface area contributed by atoms with Crippen LogP contribution < -0.4 is 15.0 Å². The predicted molar refractivity (Wildman–Crippen MR) is 103 cm³/mol. The Morgan fingerprint density at radius 1 is 1.26 bits per heavy atom. The second-order valence-corrected chi connectivity index (χ2v) is 6.47. The lowest BCUT2D eigenvalue weighted by Crippen LogP contribution is -2.28. The predicted octanol–water partition coefficient (Wildman–Crippen LogP) is 3.42. The number of nitrogens with zero attached hydrogens (tertiary/aromatic N) is 2. The van der Waals surface area contributed by atoms with E-state index in [0.29, 0.717) is 29.9 Å². The summed E-state index contributed by atoms with van der Waals surface area (Å²) < 4.78 is 5.69. The highest BCUT2D eigenvalue weighted by molar-refractivity contribution is 6.03. The van der Waals surface area contributed by atoms with E-state index < -0.39 is 5.97 Å². The summed E-state index contributed by atoms with van der Waals surface area (Å²) in [6.07, 6.45) is 2.17. The molecule has 1 aromatic heterocycles. The fourth-order valence-corrected chi connectivity index (χ4v) is 3.18. The highest BCUT2D eigenvalue weighted by Crippen LogP contribution is 2.32. The molecule has 0 bridgehead atoms. The first kappa shape index (κ1) is 18.7. The van der Waals surface area contributed by atoms with Gasteiger partial charge in [0.2, 0.25) is 0 Å². The Labute approximate surface area is 158 Å². The number of hydrogen-bond donors (Lipinski definition) is 2. The summed E-state index contributed by atoms with van der Waals surface area (Å²) in [5, 5.41) is 11.7. The van der Waals surface area contributed by atoms with Crippen molar-refractivity contribution in [3.05, 3.63) is 47.7 Å². The van der Waals surface area contributed by atoms with Crippen molar-refractivity contribution in [2.24, 2.45) is 0 Å². The van der Waals surface area contributed by atoms with Crippen molar-refractivity contribution in [2.45, 2.75) is 32.7 Å². The van der Waals surface area contributed by atoms with Gasteiger partial charge < -0.3 is 20.1 Å². The molecule has 27 heavy (non-hydrogen) atoms. The lowest BCUT2D eigenvalue weighted by Gasteiger charge is -2.25. The molecule has 0 saturated carbocycles. The average Bonchev–Trinajstić information content (AvgIpc) is 3.08. The summed E-state index contributed by atoms with van der Waals surface area (Å²) in [5.74, 6) is 0.00370. The van der Waals surface area contributed by atoms with Gasteiger partial charge >= 0.3 is 5.97 Å². The van der Waals surface area contributed by atoms with E-state index in [9.17, 15) is 9.59 Å². The van der Waals surface area contributed by atoms with Gasteiger partial charge in [-0.15, -0.1) is 0 Å². The largest absolute Gasteiger partial charge is 0.490 e. The molecule has 0 spiro atoms. The second-order valence-electron chi connectivity index (χ2n) is 6.47. The Balaban J connectivity index is 1.82. The molecule has 2 N–H and O–H groups in total. The number of anilines is 2. The van der Waals surface area contributed by atoms with Crippen LogP contribution >= 0.6 is 0 Å². The maximum atomic E-state index is 12.6. The molecule has 7 nitrogen and oxygen atoms in total. The van der Waals surface area contributed by atoms with E-state index >= 15 is 0 Å². The fourth-order valence-electron chi connectivity index (χ4n) is 3.18. The molecule has 0 unspecified atom stereocenters. The van der Waals surface area contributed by atoms with Gasteiger partial charge in [0.05, 0.1) is 12.2 Å². The molecule has 1 aliphatic rings. The molecule has 1 atom stereocenters. The first-order chi connectivity index (χ1) is 13.0. The molecular formula is C20H23N3O4. The number of amides is 1. The Bertz CT molecular complexity index is 836. The Morgan fingerprint density at radius 3 is 2.59 bits per heavy atom. The molecule has 7 heteroatoms. The number of hydrogen-bond acceptors (Lipinski definition) is 5. The van der Waals surface area contributed by atoms with E-state index in [0.717, 1.165) is 19.4 Å². The van der Waals surface area contributed by atoms with Crippen LogP contribution in [0.2, 0.25) is 0 Å². The third kappa shape index (κ3) is 4.19. The van der Waals surface area contributed by atoms with Gasteiger partial charge in [0.25, 0.3) is 5.91 Å². The molecule has 1 aliphatic heterocycles. The minimum absolute atomic E-state index is 0.164. The minimum Gasteiger partial charge on any atom is -0.490 e. The summed E-state index contributed by atoms with van der Waals surface area (Å²) >= 11 is 0. The Morgan fingerprint density at radius 2 is 2.00 bits per heavy atom. The van der Waals surface area contributed by atoms with Crippen molar-refractivity contribution < 1.29 is 19.4 Å². The quantitative estimate of drug-likeness (QED) is 0.811. The summed E-state index contributed by atoms with van der Waals surface area (Å²) in [4.78, 5) is 30.2. The van der Waals surface area contributed by atoms with E-state index in [1.54, 1.807) is 24.3 Å². The lowest BCUT2D eigenvalue weighted by molar-refractivity contribution is 0.0696. The second kappa shape index (κ2) is 8.07. The third-order valence-electron chi connectivity index (χ3n) is 4.59. The SMILES string of the molecule is CCOc1ccc(C(=O)Nc2ccc(C(=O)O)cc2)nc1N1CCC[C@@H]1C. The van der Waals surface area contributed by atoms with Crippen molar-refractivity contribution in [1.29, 1.82) is 0 Å². The first-order valence-electron chi connectivity index (χ1n) is 9.04. The van der Waals surface area contributed by atoms with Gasteiger partial charge in [-0.3, -0.25) is 4.79 Å². The number of nitrogens with one attached hydrogen (secondary N) is 1. The van der Waals surface area contributed by atoms with Gasteiger partial charge in [-0.2, -0.15) is 0 Å². The molecule has 142 valence electrons. The minimum atomic E-state index is -1.01. The number of carbonyl (C=O) groups excluding carboxylic acids is 1. The Kier molecular flexibility index (Phi) is 5.59. The number of carbonyl (C=O) groups is 2. The molecule has 1 saturated heterocycles. The van der Waals surface area contributed by atoms with E-state index in [2.05, 4.69) is 22.1 Å². The van der Waals surface area contributed by atoms with Crippen molar-refractivity contribution >= 4 is 23.4 Å². The Hall–Kier alpha value is -3.09. The van der Waals surface area contributed by atoms with Gasteiger partial charge in [-0.1, -0.05) is 0 Å². The molecule has 0 radical (unpaired) electrons. The molecule has 1 aromatic carbocycles. The zero-order chi connectivity index (χ0) is 19.4. The maximum absolute atomic E-state index is 12.6. The number of carboxylic acid groups (broad SMARTS) is 1. The molecule has 0 aliphatic carbocycles. The van der Waals surface area contributed by atoms with E-state index in [4.69, 9.17) is 9.84 Å². The van der Waals surface area contributed by atoms with Crippen molar-refractivity contribution in [1.82, 2.24) is 4.98 Å². The van der Waals surface area contributed by atoms with Crippen LogP contribution in [0.25, 0.3) is 0 Å².